The second-order valence-corrected chi connectivity index (χ2v) is 8.94. The Balaban J connectivity index is 1.78. The molecule has 146 valence electrons. The second-order valence-electron chi connectivity index (χ2n) is 7.99. The molecule has 7 heteroatoms. The summed E-state index contributed by atoms with van der Waals surface area (Å²) in [4.78, 5) is 14.6. The highest BCUT2D eigenvalue weighted by molar-refractivity contribution is 7.99. The van der Waals surface area contributed by atoms with Gasteiger partial charge in [0.25, 0.3) is 0 Å². The number of piperidine rings is 1. The van der Waals surface area contributed by atoms with E-state index in [1.807, 2.05) is 39.0 Å². The van der Waals surface area contributed by atoms with Crippen molar-refractivity contribution in [2.75, 3.05) is 18.8 Å². The number of thioether (sulfide) groups is 1. The third-order valence-corrected chi connectivity index (χ3v) is 5.30. The van der Waals surface area contributed by atoms with Crippen LogP contribution < -0.4 is 5.32 Å². The number of rotatable bonds is 6. The van der Waals surface area contributed by atoms with Gasteiger partial charge in [-0.15, -0.1) is 10.2 Å². The van der Waals surface area contributed by atoms with Crippen molar-refractivity contribution in [1.82, 2.24) is 25.0 Å². The molecule has 1 aliphatic heterocycles. The Labute approximate surface area is 165 Å². The molecule has 0 atom stereocenters. The molecule has 0 unspecified atom stereocenters. The zero-order chi connectivity index (χ0) is 19.3. The molecule has 3 rings (SSSR count). The lowest BCUT2D eigenvalue weighted by atomic mass is 10.1. The molecule has 27 heavy (non-hydrogen) atoms. The number of carbonyl (C=O) groups excluding carboxylic acids is 1. The first-order chi connectivity index (χ1) is 12.9. The van der Waals surface area contributed by atoms with Gasteiger partial charge in [-0.2, -0.15) is 0 Å². The van der Waals surface area contributed by atoms with Gasteiger partial charge in [-0.1, -0.05) is 36.4 Å². The van der Waals surface area contributed by atoms with Crippen molar-refractivity contribution in [2.24, 2.45) is 0 Å². The zero-order valence-electron chi connectivity index (χ0n) is 16.4. The van der Waals surface area contributed by atoms with Gasteiger partial charge in [-0.05, 0) is 58.8 Å². The number of hydrogen-bond acceptors (Lipinski definition) is 5. The number of benzene rings is 1. The molecule has 1 aromatic heterocycles. The summed E-state index contributed by atoms with van der Waals surface area (Å²) in [5.41, 5.74) is 0.803. The predicted molar refractivity (Wildman–Crippen MR) is 109 cm³/mol. The largest absolute Gasteiger partial charge is 0.351 e. The smallest absolute Gasteiger partial charge is 0.230 e. The highest BCUT2D eigenvalue weighted by atomic mass is 32.2. The maximum absolute atomic E-state index is 12.2. The molecule has 1 amide bonds. The van der Waals surface area contributed by atoms with Gasteiger partial charge in [-0.25, -0.2) is 0 Å². The van der Waals surface area contributed by atoms with E-state index < -0.39 is 0 Å². The molecule has 2 aromatic rings. The van der Waals surface area contributed by atoms with Crippen molar-refractivity contribution in [3.8, 4) is 5.69 Å². The zero-order valence-corrected chi connectivity index (χ0v) is 17.3. The minimum Gasteiger partial charge on any atom is -0.351 e. The summed E-state index contributed by atoms with van der Waals surface area (Å²) in [6.45, 7) is 8.96. The van der Waals surface area contributed by atoms with Crippen molar-refractivity contribution in [2.45, 2.75) is 57.3 Å². The van der Waals surface area contributed by atoms with E-state index in [1.165, 1.54) is 31.0 Å². The number of nitrogens with zero attached hydrogens (tertiary/aromatic N) is 4. The van der Waals surface area contributed by atoms with E-state index in [4.69, 9.17) is 0 Å². The van der Waals surface area contributed by atoms with E-state index in [2.05, 4.69) is 37.1 Å². The maximum atomic E-state index is 12.2. The molecule has 0 spiro atoms. The molecule has 1 aromatic carbocycles. The number of carbonyl (C=O) groups is 1. The Morgan fingerprint density at radius 1 is 1.11 bits per heavy atom. The summed E-state index contributed by atoms with van der Waals surface area (Å²) in [5.74, 6) is 1.26. The van der Waals surface area contributed by atoms with Crippen molar-refractivity contribution >= 4 is 17.7 Å². The van der Waals surface area contributed by atoms with E-state index >= 15 is 0 Å². The monoisotopic (exact) mass is 387 g/mol. The van der Waals surface area contributed by atoms with Gasteiger partial charge in [0.2, 0.25) is 5.91 Å². The first-order valence-corrected chi connectivity index (χ1v) is 10.6. The second kappa shape index (κ2) is 8.89. The Hall–Kier alpha value is -1.86. The lowest BCUT2D eigenvalue weighted by molar-refractivity contribution is -0.119. The Kier molecular flexibility index (Phi) is 6.55. The van der Waals surface area contributed by atoms with Gasteiger partial charge in [-0.3, -0.25) is 14.3 Å². The van der Waals surface area contributed by atoms with Crippen molar-refractivity contribution in [3.63, 3.8) is 0 Å². The highest BCUT2D eigenvalue weighted by Gasteiger charge is 2.20. The molecule has 2 heterocycles. The molecule has 0 aliphatic carbocycles. The first-order valence-electron chi connectivity index (χ1n) is 9.58. The molecule has 0 radical (unpaired) electrons. The lowest BCUT2D eigenvalue weighted by Crippen LogP contribution is -2.41. The van der Waals surface area contributed by atoms with Crippen LogP contribution in [-0.4, -0.2) is 50.0 Å². The normalized spacial score (nSPS) is 15.7. The molecule has 0 saturated carbocycles. The van der Waals surface area contributed by atoms with Gasteiger partial charge < -0.3 is 5.32 Å². The molecular formula is C20H29N5OS. The van der Waals surface area contributed by atoms with Crippen molar-refractivity contribution in [1.29, 1.82) is 0 Å². The van der Waals surface area contributed by atoms with Crippen LogP contribution in [0.4, 0.5) is 0 Å². The predicted octanol–water partition coefficient (Wildman–Crippen LogP) is 3.26. The molecule has 1 fully saturated rings. The number of hydrogen-bond donors (Lipinski definition) is 1. The fraction of sp³-hybridized carbons (Fsp3) is 0.550. The Morgan fingerprint density at radius 3 is 2.48 bits per heavy atom. The van der Waals surface area contributed by atoms with E-state index in [9.17, 15) is 4.79 Å². The summed E-state index contributed by atoms with van der Waals surface area (Å²) < 4.78 is 2.09. The van der Waals surface area contributed by atoms with E-state index in [1.54, 1.807) is 0 Å². The molecule has 1 saturated heterocycles. The molecule has 1 aliphatic rings. The molecular weight excluding hydrogens is 358 g/mol. The molecule has 6 nitrogen and oxygen atoms in total. The summed E-state index contributed by atoms with van der Waals surface area (Å²) in [6, 6.07) is 10.1. The number of amides is 1. The van der Waals surface area contributed by atoms with Gasteiger partial charge in [0.05, 0.1) is 12.3 Å². The standard InChI is InChI=1S/C20H29N5OS/c1-20(2,3)21-18(26)15-27-19-23-22-17(14-24-12-8-5-9-13-24)25(19)16-10-6-4-7-11-16/h4,6-7,10-11H,5,8-9,12-15H2,1-3H3,(H,21,26). The number of likely N-dealkylation sites (tertiary alicyclic amines) is 1. The van der Waals surface area contributed by atoms with Crippen LogP contribution in [0.2, 0.25) is 0 Å². The average Bonchev–Trinajstić information content (AvgIpc) is 3.02. The van der Waals surface area contributed by atoms with Gasteiger partial charge in [0, 0.05) is 11.2 Å². The van der Waals surface area contributed by atoms with E-state index in [-0.39, 0.29) is 11.4 Å². The topological polar surface area (TPSA) is 63.1 Å². The third-order valence-electron chi connectivity index (χ3n) is 4.38. The van der Waals surface area contributed by atoms with Crippen LogP contribution in [0.15, 0.2) is 35.5 Å². The average molecular weight is 388 g/mol. The number of para-hydroxylation sites is 1. The van der Waals surface area contributed by atoms with Crippen LogP contribution >= 0.6 is 11.8 Å². The lowest BCUT2D eigenvalue weighted by Gasteiger charge is -2.26. The van der Waals surface area contributed by atoms with Crippen LogP contribution in [0.5, 0.6) is 0 Å². The summed E-state index contributed by atoms with van der Waals surface area (Å²) in [6.07, 6.45) is 3.80. The summed E-state index contributed by atoms with van der Waals surface area (Å²) >= 11 is 1.43. The van der Waals surface area contributed by atoms with Crippen LogP contribution in [0, 0.1) is 0 Å². The number of aromatic nitrogens is 3. The van der Waals surface area contributed by atoms with Gasteiger partial charge in [0.1, 0.15) is 0 Å². The van der Waals surface area contributed by atoms with Crippen LogP contribution in [0.3, 0.4) is 0 Å². The molecule has 0 bridgehead atoms. The first kappa shape index (κ1) is 19.9. The van der Waals surface area contributed by atoms with E-state index in [0.29, 0.717) is 5.75 Å². The van der Waals surface area contributed by atoms with Crippen LogP contribution in [0.25, 0.3) is 5.69 Å². The fourth-order valence-electron chi connectivity index (χ4n) is 3.23. The number of nitrogens with one attached hydrogen (secondary N) is 1. The minimum absolute atomic E-state index is 0.00712. The summed E-state index contributed by atoms with van der Waals surface area (Å²) in [5, 5.41) is 12.6. The Bertz CT molecular complexity index is 747. The SMILES string of the molecule is CC(C)(C)NC(=O)CSc1nnc(CN2CCCCC2)n1-c1ccccc1. The van der Waals surface area contributed by atoms with Crippen LogP contribution in [-0.2, 0) is 11.3 Å². The van der Waals surface area contributed by atoms with Gasteiger partial charge >= 0.3 is 0 Å². The van der Waals surface area contributed by atoms with Crippen molar-refractivity contribution < 1.29 is 4.79 Å². The quantitative estimate of drug-likeness (QED) is 0.771. The minimum atomic E-state index is -0.232. The maximum Gasteiger partial charge on any atom is 0.230 e. The fourth-order valence-corrected chi connectivity index (χ4v) is 4.01. The van der Waals surface area contributed by atoms with Gasteiger partial charge in [0.15, 0.2) is 11.0 Å². The van der Waals surface area contributed by atoms with Crippen molar-refractivity contribution in [3.05, 3.63) is 36.2 Å². The Morgan fingerprint density at radius 2 is 1.81 bits per heavy atom. The third kappa shape index (κ3) is 5.81. The summed E-state index contributed by atoms with van der Waals surface area (Å²) in [7, 11) is 0. The highest BCUT2D eigenvalue weighted by Crippen LogP contribution is 2.23. The molecule has 1 N–H and O–H groups in total. The van der Waals surface area contributed by atoms with Crippen LogP contribution in [0.1, 0.15) is 45.9 Å². The van der Waals surface area contributed by atoms with E-state index in [0.717, 1.165) is 36.3 Å².